The van der Waals surface area contributed by atoms with Gasteiger partial charge in [0.15, 0.2) is 5.70 Å². The molecular formula is C23H16ClNO5S. The van der Waals surface area contributed by atoms with Crippen LogP contribution in [0.1, 0.15) is 16.7 Å². The topological polar surface area (TPSA) is 82.0 Å². The predicted molar refractivity (Wildman–Crippen MR) is 117 cm³/mol. The summed E-state index contributed by atoms with van der Waals surface area (Å²) in [4.78, 5) is 16.4. The van der Waals surface area contributed by atoms with Gasteiger partial charge in [0.1, 0.15) is 10.6 Å². The van der Waals surface area contributed by atoms with E-state index in [0.717, 1.165) is 5.56 Å². The van der Waals surface area contributed by atoms with Crippen molar-refractivity contribution in [2.75, 3.05) is 0 Å². The van der Waals surface area contributed by atoms with Crippen molar-refractivity contribution in [2.45, 2.75) is 11.8 Å². The number of carbonyl (C=O) groups excluding carboxylic acids is 1. The molecule has 6 nitrogen and oxygen atoms in total. The van der Waals surface area contributed by atoms with Crippen LogP contribution in [-0.2, 0) is 19.6 Å². The number of rotatable bonds is 5. The smallest absolute Gasteiger partial charge is 0.363 e. The Morgan fingerprint density at radius 3 is 2.32 bits per heavy atom. The van der Waals surface area contributed by atoms with Crippen LogP contribution in [0.5, 0.6) is 5.75 Å². The van der Waals surface area contributed by atoms with E-state index >= 15 is 0 Å². The number of halogens is 1. The minimum atomic E-state index is -3.94. The number of nitrogens with zero attached hydrogens (tertiary/aromatic N) is 1. The average molecular weight is 454 g/mol. The van der Waals surface area contributed by atoms with Gasteiger partial charge in [-0.25, -0.2) is 9.79 Å². The highest BCUT2D eigenvalue weighted by Gasteiger charge is 2.25. The van der Waals surface area contributed by atoms with Crippen molar-refractivity contribution >= 4 is 39.7 Å². The van der Waals surface area contributed by atoms with Crippen molar-refractivity contribution in [1.29, 1.82) is 0 Å². The lowest BCUT2D eigenvalue weighted by Gasteiger charge is -2.07. The molecule has 0 atom stereocenters. The first-order chi connectivity index (χ1) is 14.8. The maximum absolute atomic E-state index is 12.4. The van der Waals surface area contributed by atoms with E-state index in [4.69, 9.17) is 20.5 Å². The van der Waals surface area contributed by atoms with Crippen molar-refractivity contribution in [2.24, 2.45) is 4.99 Å². The number of esters is 1. The van der Waals surface area contributed by atoms with Gasteiger partial charge in [0, 0.05) is 0 Å². The third-order valence-corrected chi connectivity index (χ3v) is 6.01. The van der Waals surface area contributed by atoms with Gasteiger partial charge < -0.3 is 8.92 Å². The predicted octanol–water partition coefficient (Wildman–Crippen LogP) is 4.76. The fourth-order valence-corrected chi connectivity index (χ4v) is 3.96. The SMILES string of the molecule is Cc1ccc(S(=O)(=O)Oc2ccc(/C=C3\N=C(c4ccccc4Cl)OC3=O)cc2)cc1. The lowest BCUT2D eigenvalue weighted by Crippen LogP contribution is -2.09. The van der Waals surface area contributed by atoms with Crippen LogP contribution in [0.15, 0.2) is 88.4 Å². The van der Waals surface area contributed by atoms with Gasteiger partial charge in [-0.3, -0.25) is 0 Å². The van der Waals surface area contributed by atoms with E-state index in [9.17, 15) is 13.2 Å². The van der Waals surface area contributed by atoms with Crippen LogP contribution in [0, 0.1) is 6.92 Å². The highest BCUT2D eigenvalue weighted by molar-refractivity contribution is 7.87. The Kier molecular flexibility index (Phi) is 5.63. The maximum Gasteiger partial charge on any atom is 0.363 e. The first-order valence-electron chi connectivity index (χ1n) is 9.20. The van der Waals surface area contributed by atoms with Crippen LogP contribution in [0.3, 0.4) is 0 Å². The van der Waals surface area contributed by atoms with Gasteiger partial charge >= 0.3 is 16.1 Å². The zero-order chi connectivity index (χ0) is 22.0. The highest BCUT2D eigenvalue weighted by Crippen LogP contribution is 2.25. The van der Waals surface area contributed by atoms with E-state index in [1.54, 1.807) is 48.5 Å². The van der Waals surface area contributed by atoms with Gasteiger partial charge in [0.05, 0.1) is 10.6 Å². The Morgan fingerprint density at radius 1 is 0.968 bits per heavy atom. The second-order valence-corrected chi connectivity index (χ2v) is 8.69. The molecule has 4 rings (SSSR count). The van der Waals surface area contributed by atoms with Gasteiger partial charge in [-0.05, 0) is 55.0 Å². The van der Waals surface area contributed by atoms with E-state index in [0.29, 0.717) is 16.1 Å². The zero-order valence-electron chi connectivity index (χ0n) is 16.3. The summed E-state index contributed by atoms with van der Waals surface area (Å²) < 4.78 is 35.2. The van der Waals surface area contributed by atoms with E-state index in [2.05, 4.69) is 4.99 Å². The second kappa shape index (κ2) is 8.37. The van der Waals surface area contributed by atoms with E-state index < -0.39 is 16.1 Å². The molecule has 3 aromatic carbocycles. The molecule has 31 heavy (non-hydrogen) atoms. The molecule has 0 saturated carbocycles. The number of hydrogen-bond acceptors (Lipinski definition) is 6. The summed E-state index contributed by atoms with van der Waals surface area (Å²) in [7, 11) is -3.94. The van der Waals surface area contributed by atoms with Crippen molar-refractivity contribution in [3.05, 3.63) is 100 Å². The fraction of sp³-hybridized carbons (Fsp3) is 0.0435. The Bertz CT molecular complexity index is 1310. The van der Waals surface area contributed by atoms with Crippen LogP contribution < -0.4 is 4.18 Å². The molecule has 0 amide bonds. The van der Waals surface area contributed by atoms with E-state index in [1.165, 1.54) is 30.3 Å². The van der Waals surface area contributed by atoms with Gasteiger partial charge in [-0.15, -0.1) is 0 Å². The molecule has 0 aliphatic carbocycles. The summed E-state index contributed by atoms with van der Waals surface area (Å²) in [6.07, 6.45) is 1.53. The van der Waals surface area contributed by atoms with Gasteiger partial charge in [0.25, 0.3) is 0 Å². The summed E-state index contributed by atoms with van der Waals surface area (Å²) in [5.74, 6) is -0.319. The Labute approximate surface area is 184 Å². The standard InChI is InChI=1S/C23H16ClNO5S/c1-15-6-12-18(13-7-15)31(27,28)30-17-10-8-16(9-11-17)14-21-23(26)29-22(25-21)19-4-2-3-5-20(19)24/h2-14H,1H3/b21-14-. The fourth-order valence-electron chi connectivity index (χ4n) is 2.82. The molecule has 3 aromatic rings. The van der Waals surface area contributed by atoms with Gasteiger partial charge in [0.2, 0.25) is 5.90 Å². The molecule has 0 aromatic heterocycles. The third-order valence-electron chi connectivity index (χ3n) is 4.42. The molecule has 0 spiro atoms. The summed E-state index contributed by atoms with van der Waals surface area (Å²) in [5.41, 5.74) is 2.19. The molecule has 0 bridgehead atoms. The summed E-state index contributed by atoms with van der Waals surface area (Å²) >= 11 is 6.13. The molecular weight excluding hydrogens is 438 g/mol. The van der Waals surface area contributed by atoms with Crippen molar-refractivity contribution in [3.63, 3.8) is 0 Å². The number of aryl methyl sites for hydroxylation is 1. The first kappa shape index (κ1) is 20.8. The summed E-state index contributed by atoms with van der Waals surface area (Å²) in [5, 5.41) is 0.423. The quantitative estimate of drug-likeness (QED) is 0.316. The molecule has 0 N–H and O–H groups in total. The lowest BCUT2D eigenvalue weighted by atomic mass is 10.2. The lowest BCUT2D eigenvalue weighted by molar-refractivity contribution is -0.129. The number of carbonyl (C=O) groups is 1. The number of aliphatic imine (C=N–C) groups is 1. The Hall–Kier alpha value is -3.42. The number of ether oxygens (including phenoxy) is 1. The molecule has 0 fully saturated rings. The van der Waals surface area contributed by atoms with E-state index in [1.807, 2.05) is 6.92 Å². The molecule has 8 heteroatoms. The molecule has 1 heterocycles. The molecule has 0 unspecified atom stereocenters. The van der Waals surface area contributed by atoms with Gasteiger partial charge in [-0.1, -0.05) is 53.6 Å². The van der Waals surface area contributed by atoms with Crippen LogP contribution in [0.4, 0.5) is 0 Å². The number of benzene rings is 3. The minimum Gasteiger partial charge on any atom is -0.402 e. The second-order valence-electron chi connectivity index (χ2n) is 6.74. The summed E-state index contributed by atoms with van der Waals surface area (Å²) in [6.45, 7) is 1.87. The van der Waals surface area contributed by atoms with Crippen LogP contribution in [-0.4, -0.2) is 20.3 Å². The van der Waals surface area contributed by atoms with Crippen molar-refractivity contribution in [1.82, 2.24) is 0 Å². The normalized spacial score (nSPS) is 15.0. The maximum atomic E-state index is 12.4. The van der Waals surface area contributed by atoms with Crippen LogP contribution >= 0.6 is 11.6 Å². The Balaban J connectivity index is 1.53. The molecule has 1 aliphatic heterocycles. The summed E-state index contributed by atoms with van der Waals surface area (Å²) in [6, 6.07) is 19.5. The molecule has 0 radical (unpaired) electrons. The van der Waals surface area contributed by atoms with Crippen molar-refractivity contribution in [3.8, 4) is 5.75 Å². The van der Waals surface area contributed by atoms with E-state index in [-0.39, 0.29) is 22.2 Å². The van der Waals surface area contributed by atoms with Crippen molar-refractivity contribution < 1.29 is 22.1 Å². The Morgan fingerprint density at radius 2 is 1.65 bits per heavy atom. The third kappa shape index (κ3) is 4.68. The molecule has 156 valence electrons. The van der Waals surface area contributed by atoms with Crippen LogP contribution in [0.2, 0.25) is 5.02 Å². The average Bonchev–Trinajstić information content (AvgIpc) is 3.10. The highest BCUT2D eigenvalue weighted by atomic mass is 35.5. The number of cyclic esters (lactones) is 1. The van der Waals surface area contributed by atoms with Gasteiger partial charge in [-0.2, -0.15) is 8.42 Å². The molecule has 0 saturated heterocycles. The largest absolute Gasteiger partial charge is 0.402 e. The number of hydrogen-bond donors (Lipinski definition) is 0. The molecule has 1 aliphatic rings. The minimum absolute atomic E-state index is 0.0689. The zero-order valence-corrected chi connectivity index (χ0v) is 17.9. The monoisotopic (exact) mass is 453 g/mol. The first-order valence-corrected chi connectivity index (χ1v) is 11.0. The van der Waals surface area contributed by atoms with Crippen LogP contribution in [0.25, 0.3) is 6.08 Å².